The van der Waals surface area contributed by atoms with Gasteiger partial charge in [0.1, 0.15) is 0 Å². The first-order valence-corrected chi connectivity index (χ1v) is 9.56. The third-order valence-corrected chi connectivity index (χ3v) is 5.31. The molecule has 0 unspecified atom stereocenters. The van der Waals surface area contributed by atoms with E-state index in [1.165, 1.54) is 17.0 Å². The number of hydrogen-bond donors (Lipinski definition) is 2. The molecule has 1 fully saturated rings. The summed E-state index contributed by atoms with van der Waals surface area (Å²) < 4.78 is 26.6. The molecule has 0 atom stereocenters. The number of likely N-dealkylation sites (N-methyl/N-ethyl adjacent to an activating group) is 1. The van der Waals surface area contributed by atoms with Crippen molar-refractivity contribution in [2.45, 2.75) is 17.7 Å². The number of anilines is 1. The van der Waals surface area contributed by atoms with Gasteiger partial charge in [-0.2, -0.15) is 0 Å². The van der Waals surface area contributed by atoms with E-state index in [2.05, 4.69) is 10.0 Å². The standard InChI is InChI=1S/C16H22N4O5S/c1-19(2)16(23)11-17-14(21)10-18-26(24,25)13-7-5-12(6-8-13)20-9-3-4-15(20)22/h5-8,18H,3-4,9-11H2,1-2H3,(H,17,21). The van der Waals surface area contributed by atoms with E-state index in [0.717, 1.165) is 6.42 Å². The van der Waals surface area contributed by atoms with E-state index in [4.69, 9.17) is 0 Å². The van der Waals surface area contributed by atoms with E-state index < -0.39 is 22.5 Å². The van der Waals surface area contributed by atoms with Crippen molar-refractivity contribution < 1.29 is 22.8 Å². The van der Waals surface area contributed by atoms with Gasteiger partial charge in [0.25, 0.3) is 0 Å². The van der Waals surface area contributed by atoms with E-state index in [1.54, 1.807) is 31.1 Å². The lowest BCUT2D eigenvalue weighted by Gasteiger charge is -2.16. The van der Waals surface area contributed by atoms with Gasteiger partial charge < -0.3 is 15.1 Å². The third-order valence-electron chi connectivity index (χ3n) is 3.89. The van der Waals surface area contributed by atoms with E-state index >= 15 is 0 Å². The van der Waals surface area contributed by atoms with E-state index in [0.29, 0.717) is 18.7 Å². The van der Waals surface area contributed by atoms with Crippen molar-refractivity contribution in [2.75, 3.05) is 38.6 Å². The van der Waals surface area contributed by atoms with Crippen molar-refractivity contribution in [3.8, 4) is 0 Å². The van der Waals surface area contributed by atoms with Crippen molar-refractivity contribution >= 4 is 33.4 Å². The lowest BCUT2D eigenvalue weighted by atomic mass is 10.3. The summed E-state index contributed by atoms with van der Waals surface area (Å²) >= 11 is 0. The Morgan fingerprint density at radius 3 is 2.35 bits per heavy atom. The van der Waals surface area contributed by atoms with Gasteiger partial charge in [0.05, 0.1) is 18.0 Å². The first kappa shape index (κ1) is 19.9. The van der Waals surface area contributed by atoms with Gasteiger partial charge in [-0.05, 0) is 30.7 Å². The van der Waals surface area contributed by atoms with E-state index in [-0.39, 0.29) is 23.3 Å². The molecule has 1 saturated heterocycles. The second-order valence-electron chi connectivity index (χ2n) is 6.03. The van der Waals surface area contributed by atoms with Gasteiger partial charge in [-0.3, -0.25) is 14.4 Å². The number of rotatable bonds is 7. The molecular formula is C16H22N4O5S. The molecule has 1 aromatic carbocycles. The smallest absolute Gasteiger partial charge is 0.241 e. The largest absolute Gasteiger partial charge is 0.347 e. The van der Waals surface area contributed by atoms with Crippen LogP contribution in [0.25, 0.3) is 0 Å². The molecule has 2 rings (SSSR count). The van der Waals surface area contributed by atoms with Gasteiger partial charge in [-0.25, -0.2) is 13.1 Å². The Kier molecular flexibility index (Phi) is 6.32. The van der Waals surface area contributed by atoms with Crippen molar-refractivity contribution in [3.63, 3.8) is 0 Å². The summed E-state index contributed by atoms with van der Waals surface area (Å²) in [5.74, 6) is -0.890. The minimum absolute atomic E-state index is 0.00920. The zero-order valence-electron chi connectivity index (χ0n) is 14.7. The second-order valence-corrected chi connectivity index (χ2v) is 7.80. The molecule has 1 aromatic rings. The maximum absolute atomic E-state index is 12.2. The highest BCUT2D eigenvalue weighted by Gasteiger charge is 2.22. The number of nitrogens with zero attached hydrogens (tertiary/aromatic N) is 2. The van der Waals surface area contributed by atoms with E-state index in [1.807, 2.05) is 0 Å². The molecule has 1 heterocycles. The summed E-state index contributed by atoms with van der Waals surface area (Å²) in [5.41, 5.74) is 0.645. The van der Waals surface area contributed by atoms with Crippen LogP contribution in [0.4, 0.5) is 5.69 Å². The minimum Gasteiger partial charge on any atom is -0.347 e. The quantitative estimate of drug-likeness (QED) is 0.647. The topological polar surface area (TPSA) is 116 Å². The average Bonchev–Trinajstić information content (AvgIpc) is 3.04. The van der Waals surface area contributed by atoms with Crippen LogP contribution in [0.1, 0.15) is 12.8 Å². The number of hydrogen-bond acceptors (Lipinski definition) is 5. The molecule has 0 bridgehead atoms. The summed E-state index contributed by atoms with van der Waals surface area (Å²) in [5, 5.41) is 2.34. The molecule has 2 N–H and O–H groups in total. The van der Waals surface area contributed by atoms with E-state index in [9.17, 15) is 22.8 Å². The lowest BCUT2D eigenvalue weighted by Crippen LogP contribution is -2.41. The van der Waals surface area contributed by atoms with Crippen LogP contribution >= 0.6 is 0 Å². The van der Waals surface area contributed by atoms with Crippen LogP contribution in [-0.2, 0) is 24.4 Å². The zero-order valence-corrected chi connectivity index (χ0v) is 15.5. The summed E-state index contributed by atoms with van der Waals surface area (Å²) in [6.45, 7) is -0.0590. The summed E-state index contributed by atoms with van der Waals surface area (Å²) in [4.78, 5) is 37.7. The highest BCUT2D eigenvalue weighted by molar-refractivity contribution is 7.89. The monoisotopic (exact) mass is 382 g/mol. The average molecular weight is 382 g/mol. The Bertz CT molecular complexity index is 789. The van der Waals surface area contributed by atoms with Crippen LogP contribution in [0, 0.1) is 0 Å². The molecule has 0 radical (unpaired) electrons. The number of benzene rings is 1. The second kappa shape index (κ2) is 8.28. The van der Waals surface area contributed by atoms with Gasteiger partial charge in [-0.1, -0.05) is 0 Å². The number of amides is 3. The number of carbonyl (C=O) groups excluding carboxylic acids is 3. The number of carbonyl (C=O) groups is 3. The first-order valence-electron chi connectivity index (χ1n) is 8.07. The predicted octanol–water partition coefficient (Wildman–Crippen LogP) is -0.704. The summed E-state index contributed by atoms with van der Waals surface area (Å²) in [6.07, 6.45) is 1.28. The predicted molar refractivity (Wildman–Crippen MR) is 94.9 cm³/mol. The molecule has 1 aliphatic rings. The van der Waals surface area contributed by atoms with Crippen LogP contribution in [0.2, 0.25) is 0 Å². The Hall–Kier alpha value is -2.46. The van der Waals surface area contributed by atoms with Gasteiger partial charge >= 0.3 is 0 Å². The fourth-order valence-electron chi connectivity index (χ4n) is 2.37. The lowest BCUT2D eigenvalue weighted by molar-refractivity contribution is -0.130. The maximum Gasteiger partial charge on any atom is 0.241 e. The van der Waals surface area contributed by atoms with Crippen LogP contribution in [0.5, 0.6) is 0 Å². The highest BCUT2D eigenvalue weighted by atomic mass is 32.2. The van der Waals surface area contributed by atoms with Crippen molar-refractivity contribution in [1.82, 2.24) is 14.9 Å². The van der Waals surface area contributed by atoms with Crippen molar-refractivity contribution in [1.29, 1.82) is 0 Å². The van der Waals surface area contributed by atoms with Crippen molar-refractivity contribution in [2.24, 2.45) is 0 Å². The molecular weight excluding hydrogens is 360 g/mol. The molecule has 0 spiro atoms. The van der Waals surface area contributed by atoms with Gasteiger partial charge in [0, 0.05) is 32.7 Å². The Morgan fingerprint density at radius 1 is 1.15 bits per heavy atom. The fourth-order valence-corrected chi connectivity index (χ4v) is 3.35. The Morgan fingerprint density at radius 2 is 1.81 bits per heavy atom. The molecule has 9 nitrogen and oxygen atoms in total. The number of sulfonamides is 1. The maximum atomic E-state index is 12.2. The molecule has 0 saturated carbocycles. The van der Waals surface area contributed by atoms with Gasteiger partial charge in [0.15, 0.2) is 0 Å². The highest BCUT2D eigenvalue weighted by Crippen LogP contribution is 2.22. The molecule has 0 aromatic heterocycles. The molecule has 3 amide bonds. The van der Waals surface area contributed by atoms with Crippen LogP contribution in [0.15, 0.2) is 29.2 Å². The first-order chi connectivity index (χ1) is 12.2. The molecule has 142 valence electrons. The Balaban J connectivity index is 1.92. The van der Waals surface area contributed by atoms with Crippen molar-refractivity contribution in [3.05, 3.63) is 24.3 Å². The zero-order chi connectivity index (χ0) is 19.3. The Labute approximate surface area is 152 Å². The van der Waals surface area contributed by atoms with Crippen LogP contribution < -0.4 is 14.9 Å². The normalized spacial score (nSPS) is 14.4. The minimum atomic E-state index is -3.87. The summed E-state index contributed by atoms with van der Waals surface area (Å²) in [7, 11) is -0.769. The van der Waals surface area contributed by atoms with Crippen LogP contribution in [-0.4, -0.2) is 64.8 Å². The molecule has 10 heteroatoms. The molecule has 26 heavy (non-hydrogen) atoms. The summed E-state index contributed by atoms with van der Waals surface area (Å²) in [6, 6.07) is 5.90. The third kappa shape index (κ3) is 5.02. The number of nitrogens with one attached hydrogen (secondary N) is 2. The fraction of sp³-hybridized carbons (Fsp3) is 0.438. The van der Waals surface area contributed by atoms with Crippen LogP contribution in [0.3, 0.4) is 0 Å². The van der Waals surface area contributed by atoms with Gasteiger partial charge in [0.2, 0.25) is 27.7 Å². The molecule has 1 aliphatic heterocycles. The molecule has 0 aliphatic carbocycles. The SMILES string of the molecule is CN(C)C(=O)CNC(=O)CNS(=O)(=O)c1ccc(N2CCCC2=O)cc1. The van der Waals surface area contributed by atoms with Gasteiger partial charge in [-0.15, -0.1) is 0 Å².